The maximum atomic E-state index is 11.8. The van der Waals surface area contributed by atoms with Crippen LogP contribution >= 0.6 is 0 Å². The number of esters is 1. The van der Waals surface area contributed by atoms with Gasteiger partial charge in [-0.1, -0.05) is 63.5 Å². The number of unbranched alkanes of at least 4 members (excludes halogenated alkanes) is 1. The fourth-order valence-corrected chi connectivity index (χ4v) is 3.63. The molecular weight excluding hydrogens is 308 g/mol. The van der Waals surface area contributed by atoms with E-state index in [1.165, 1.54) is 50.2 Å². The van der Waals surface area contributed by atoms with E-state index in [-0.39, 0.29) is 5.97 Å². The normalized spacial score (nSPS) is 21.0. The van der Waals surface area contributed by atoms with E-state index in [2.05, 4.69) is 26.0 Å². The first-order chi connectivity index (χ1) is 12.2. The summed E-state index contributed by atoms with van der Waals surface area (Å²) < 4.78 is 5.35. The molecule has 0 aliphatic heterocycles. The van der Waals surface area contributed by atoms with Crippen molar-refractivity contribution >= 4 is 5.97 Å². The molecule has 0 saturated heterocycles. The lowest BCUT2D eigenvalue weighted by Gasteiger charge is -2.28. The predicted octanol–water partition coefficient (Wildman–Crippen LogP) is 6.58. The van der Waals surface area contributed by atoms with Crippen LogP contribution in [0.4, 0.5) is 0 Å². The maximum absolute atomic E-state index is 11.8. The van der Waals surface area contributed by atoms with Crippen LogP contribution in [0.2, 0.25) is 0 Å². The van der Waals surface area contributed by atoms with Gasteiger partial charge in [0.25, 0.3) is 0 Å². The number of allylic oxidation sites excluding steroid dienone is 3. The van der Waals surface area contributed by atoms with Gasteiger partial charge in [0, 0.05) is 6.08 Å². The average molecular weight is 341 g/mol. The van der Waals surface area contributed by atoms with Crippen molar-refractivity contribution in [3.8, 4) is 5.75 Å². The monoisotopic (exact) mass is 340 g/mol. The van der Waals surface area contributed by atoms with E-state index < -0.39 is 0 Å². The summed E-state index contributed by atoms with van der Waals surface area (Å²) in [5.74, 6) is 1.89. The predicted molar refractivity (Wildman–Crippen MR) is 105 cm³/mol. The van der Waals surface area contributed by atoms with E-state index in [0.717, 1.165) is 18.8 Å². The molecule has 1 aromatic rings. The Morgan fingerprint density at radius 2 is 1.76 bits per heavy atom. The Balaban J connectivity index is 1.81. The van der Waals surface area contributed by atoms with Crippen LogP contribution in [0.5, 0.6) is 5.75 Å². The molecule has 0 amide bonds. The van der Waals surface area contributed by atoms with Gasteiger partial charge in [-0.15, -0.1) is 0 Å². The highest BCUT2D eigenvalue weighted by Crippen LogP contribution is 2.37. The van der Waals surface area contributed by atoms with Crippen LogP contribution in [0.25, 0.3) is 0 Å². The molecule has 0 bridgehead atoms. The molecule has 1 saturated carbocycles. The summed E-state index contributed by atoms with van der Waals surface area (Å²) in [6.07, 6.45) is 17.3. The Morgan fingerprint density at radius 3 is 2.40 bits per heavy atom. The van der Waals surface area contributed by atoms with Gasteiger partial charge in [-0.2, -0.15) is 0 Å². The summed E-state index contributed by atoms with van der Waals surface area (Å²) in [5.41, 5.74) is 1.38. The minimum absolute atomic E-state index is 0.325. The van der Waals surface area contributed by atoms with Gasteiger partial charge in [0.15, 0.2) is 0 Å². The third kappa shape index (κ3) is 6.89. The fourth-order valence-electron chi connectivity index (χ4n) is 3.63. The van der Waals surface area contributed by atoms with E-state index in [1.807, 2.05) is 24.3 Å². The van der Waals surface area contributed by atoms with Crippen molar-refractivity contribution in [3.05, 3.63) is 54.1 Å². The largest absolute Gasteiger partial charge is 0.423 e. The zero-order chi connectivity index (χ0) is 17.9. The fraction of sp³-hybridized carbons (Fsp3) is 0.522. The zero-order valence-electron chi connectivity index (χ0n) is 15.7. The smallest absolute Gasteiger partial charge is 0.336 e. The van der Waals surface area contributed by atoms with Crippen molar-refractivity contribution in [2.75, 3.05) is 0 Å². The van der Waals surface area contributed by atoms with Gasteiger partial charge in [0.1, 0.15) is 5.75 Å². The number of carbonyl (C=O) groups excluding carboxylic acids is 1. The molecule has 136 valence electrons. The molecule has 0 spiro atoms. The summed E-state index contributed by atoms with van der Waals surface area (Å²) >= 11 is 0. The highest BCUT2D eigenvalue weighted by atomic mass is 16.5. The van der Waals surface area contributed by atoms with Gasteiger partial charge in [-0.05, 0) is 61.6 Å². The highest BCUT2D eigenvalue weighted by Gasteiger charge is 2.21. The third-order valence-electron chi connectivity index (χ3n) is 5.05. The van der Waals surface area contributed by atoms with E-state index in [0.29, 0.717) is 11.7 Å². The Bertz CT molecular complexity index is 560. The summed E-state index contributed by atoms with van der Waals surface area (Å²) in [4.78, 5) is 11.8. The first-order valence-corrected chi connectivity index (χ1v) is 9.87. The van der Waals surface area contributed by atoms with Crippen LogP contribution in [0, 0.1) is 5.92 Å². The van der Waals surface area contributed by atoms with Crippen molar-refractivity contribution in [3.63, 3.8) is 0 Å². The lowest BCUT2D eigenvalue weighted by atomic mass is 9.77. The molecule has 0 radical (unpaired) electrons. The molecule has 1 aliphatic carbocycles. The SMILES string of the molecule is CCC/C=C/C=C/C(=O)Oc1ccc(C2CCC(CCC)CC2)cc1. The lowest BCUT2D eigenvalue weighted by Crippen LogP contribution is -2.13. The second-order valence-corrected chi connectivity index (χ2v) is 7.07. The van der Waals surface area contributed by atoms with Gasteiger partial charge < -0.3 is 4.74 Å². The molecule has 2 heteroatoms. The number of hydrogen-bond acceptors (Lipinski definition) is 2. The van der Waals surface area contributed by atoms with E-state index in [4.69, 9.17) is 4.74 Å². The molecule has 0 unspecified atom stereocenters. The molecule has 0 atom stereocenters. The summed E-state index contributed by atoms with van der Waals surface area (Å²) in [6, 6.07) is 8.09. The molecule has 1 aliphatic rings. The van der Waals surface area contributed by atoms with Crippen LogP contribution in [0.15, 0.2) is 48.6 Å². The first-order valence-electron chi connectivity index (χ1n) is 9.87. The van der Waals surface area contributed by atoms with Crippen molar-refractivity contribution in [2.45, 2.75) is 71.1 Å². The molecule has 2 rings (SSSR count). The topological polar surface area (TPSA) is 26.3 Å². The Morgan fingerprint density at radius 1 is 1.04 bits per heavy atom. The zero-order valence-corrected chi connectivity index (χ0v) is 15.7. The Labute approximate surface area is 153 Å². The molecule has 0 N–H and O–H groups in total. The van der Waals surface area contributed by atoms with Crippen LogP contribution in [0.3, 0.4) is 0 Å². The number of benzene rings is 1. The van der Waals surface area contributed by atoms with Gasteiger partial charge in [-0.25, -0.2) is 4.79 Å². The standard InChI is InChI=1S/C23H32O2/c1-3-5-6-7-8-10-23(24)25-22-17-15-21(16-18-22)20-13-11-19(9-4-2)12-14-20/h6-8,10,15-20H,3-5,9,11-14H2,1-2H3/b7-6+,10-8+. The third-order valence-corrected chi connectivity index (χ3v) is 5.05. The van der Waals surface area contributed by atoms with Crippen molar-refractivity contribution in [1.29, 1.82) is 0 Å². The Kier molecular flexibility index (Phi) is 8.51. The minimum Gasteiger partial charge on any atom is -0.423 e. The van der Waals surface area contributed by atoms with Crippen LogP contribution in [0.1, 0.15) is 76.7 Å². The van der Waals surface area contributed by atoms with Gasteiger partial charge in [0.05, 0.1) is 0 Å². The van der Waals surface area contributed by atoms with E-state index in [1.54, 1.807) is 6.08 Å². The Hall–Kier alpha value is -1.83. The first kappa shape index (κ1) is 19.5. The van der Waals surface area contributed by atoms with Crippen LogP contribution in [-0.2, 0) is 4.79 Å². The molecular formula is C23H32O2. The minimum atomic E-state index is -0.325. The highest BCUT2D eigenvalue weighted by molar-refractivity contribution is 5.84. The number of hydrogen-bond donors (Lipinski definition) is 0. The average Bonchev–Trinajstić information content (AvgIpc) is 2.63. The summed E-state index contributed by atoms with van der Waals surface area (Å²) in [5, 5.41) is 0. The number of rotatable bonds is 8. The number of carbonyl (C=O) groups is 1. The molecule has 1 fully saturated rings. The van der Waals surface area contributed by atoms with Crippen molar-refractivity contribution in [2.24, 2.45) is 5.92 Å². The second kappa shape index (κ2) is 10.9. The maximum Gasteiger partial charge on any atom is 0.336 e. The molecule has 25 heavy (non-hydrogen) atoms. The van der Waals surface area contributed by atoms with Gasteiger partial charge in [0.2, 0.25) is 0 Å². The molecule has 0 heterocycles. The molecule has 0 aromatic heterocycles. The quantitative estimate of drug-likeness (QED) is 0.231. The number of ether oxygens (including phenoxy) is 1. The molecule has 1 aromatic carbocycles. The van der Waals surface area contributed by atoms with E-state index >= 15 is 0 Å². The van der Waals surface area contributed by atoms with Crippen molar-refractivity contribution < 1.29 is 9.53 Å². The van der Waals surface area contributed by atoms with Crippen LogP contribution in [-0.4, -0.2) is 5.97 Å². The van der Waals surface area contributed by atoms with Crippen LogP contribution < -0.4 is 4.74 Å². The van der Waals surface area contributed by atoms with Crippen molar-refractivity contribution in [1.82, 2.24) is 0 Å². The van der Waals surface area contributed by atoms with Gasteiger partial charge >= 0.3 is 5.97 Å². The van der Waals surface area contributed by atoms with Gasteiger partial charge in [-0.3, -0.25) is 0 Å². The summed E-state index contributed by atoms with van der Waals surface area (Å²) in [6.45, 7) is 4.41. The second-order valence-electron chi connectivity index (χ2n) is 7.07. The summed E-state index contributed by atoms with van der Waals surface area (Å²) in [7, 11) is 0. The molecule has 2 nitrogen and oxygen atoms in total. The lowest BCUT2D eigenvalue weighted by molar-refractivity contribution is -0.128. The van der Waals surface area contributed by atoms with E-state index in [9.17, 15) is 4.79 Å².